The molecule has 1 heterocycles. The zero-order valence-electron chi connectivity index (χ0n) is 12.2. The first kappa shape index (κ1) is 14.9. The fourth-order valence-electron chi connectivity index (χ4n) is 2.43. The molecular weight excluding hydrogens is 294 g/mol. The highest BCUT2D eigenvalue weighted by atomic mass is 16.3. The van der Waals surface area contributed by atoms with Gasteiger partial charge in [-0.3, -0.25) is 9.59 Å². The zero-order valence-corrected chi connectivity index (χ0v) is 12.2. The van der Waals surface area contributed by atoms with Gasteiger partial charge in [-0.25, -0.2) is 5.10 Å². The molecule has 0 fully saturated rings. The van der Waals surface area contributed by atoms with E-state index in [1.165, 1.54) is 0 Å². The van der Waals surface area contributed by atoms with Gasteiger partial charge in [-0.2, -0.15) is 5.10 Å². The number of benzene rings is 2. The third-order valence-electron chi connectivity index (χ3n) is 3.60. The maximum atomic E-state index is 12.5. The highest BCUT2D eigenvalue weighted by Crippen LogP contribution is 2.15. The second kappa shape index (κ2) is 6.41. The van der Waals surface area contributed by atoms with Crippen molar-refractivity contribution in [2.24, 2.45) is 0 Å². The fraction of sp³-hybridized carbons (Fsp3) is 0.118. The van der Waals surface area contributed by atoms with E-state index in [-0.39, 0.29) is 17.9 Å². The van der Waals surface area contributed by atoms with Crippen LogP contribution in [0.4, 0.5) is 0 Å². The summed E-state index contributed by atoms with van der Waals surface area (Å²) in [5, 5.41) is 19.3. The number of rotatable bonds is 4. The van der Waals surface area contributed by atoms with Gasteiger partial charge in [-0.05, 0) is 11.6 Å². The third-order valence-corrected chi connectivity index (χ3v) is 3.60. The molecule has 0 bridgehead atoms. The number of aromatic amines is 1. The van der Waals surface area contributed by atoms with Crippen molar-refractivity contribution < 1.29 is 9.90 Å². The number of aliphatic hydroxyl groups excluding tert-OH is 1. The Morgan fingerprint density at radius 1 is 1.09 bits per heavy atom. The number of carbonyl (C=O) groups excluding carboxylic acids is 1. The summed E-state index contributed by atoms with van der Waals surface area (Å²) in [5.74, 6) is -0.458. The Hall–Kier alpha value is -2.99. The largest absolute Gasteiger partial charge is 0.394 e. The van der Waals surface area contributed by atoms with Crippen LogP contribution in [-0.4, -0.2) is 27.8 Å². The molecule has 6 nitrogen and oxygen atoms in total. The summed E-state index contributed by atoms with van der Waals surface area (Å²) < 4.78 is 0. The lowest BCUT2D eigenvalue weighted by atomic mass is 10.1. The molecule has 0 spiro atoms. The minimum atomic E-state index is -0.545. The van der Waals surface area contributed by atoms with Gasteiger partial charge in [-0.1, -0.05) is 48.5 Å². The van der Waals surface area contributed by atoms with E-state index in [2.05, 4.69) is 15.5 Å². The summed E-state index contributed by atoms with van der Waals surface area (Å²) in [6.45, 7) is -0.239. The molecule has 0 aliphatic heterocycles. The van der Waals surface area contributed by atoms with Gasteiger partial charge in [0.05, 0.1) is 18.0 Å². The summed E-state index contributed by atoms with van der Waals surface area (Å²) in [5.41, 5.74) is 0.561. The van der Waals surface area contributed by atoms with E-state index in [0.29, 0.717) is 10.8 Å². The average Bonchev–Trinajstić information content (AvgIpc) is 2.61. The van der Waals surface area contributed by atoms with E-state index in [1.807, 2.05) is 30.3 Å². The molecule has 6 heteroatoms. The van der Waals surface area contributed by atoms with Crippen LogP contribution in [0, 0.1) is 0 Å². The van der Waals surface area contributed by atoms with E-state index in [9.17, 15) is 14.7 Å². The third kappa shape index (κ3) is 2.97. The molecule has 116 valence electrons. The Morgan fingerprint density at radius 3 is 2.43 bits per heavy atom. The Morgan fingerprint density at radius 2 is 1.74 bits per heavy atom. The van der Waals surface area contributed by atoms with Crippen molar-refractivity contribution >= 4 is 16.7 Å². The van der Waals surface area contributed by atoms with E-state index in [0.717, 1.165) is 5.56 Å². The number of aromatic nitrogens is 2. The van der Waals surface area contributed by atoms with Crippen LogP contribution >= 0.6 is 0 Å². The molecule has 0 unspecified atom stereocenters. The molecule has 1 amide bonds. The van der Waals surface area contributed by atoms with E-state index >= 15 is 0 Å². The number of H-pyrrole nitrogens is 1. The van der Waals surface area contributed by atoms with E-state index < -0.39 is 11.9 Å². The summed E-state index contributed by atoms with van der Waals surface area (Å²) in [6, 6.07) is 15.4. The van der Waals surface area contributed by atoms with Crippen LogP contribution in [0.3, 0.4) is 0 Å². The minimum Gasteiger partial charge on any atom is -0.394 e. The standard InChI is InChI=1S/C17H15N3O3/c21-10-14(11-6-2-1-3-7-11)18-17(23)15-12-8-4-5-9-13(12)16(22)20-19-15/h1-9,14,21H,10H2,(H,18,23)(H,20,22)/t14-/m1/s1. The molecule has 0 saturated heterocycles. The van der Waals surface area contributed by atoms with Crippen LogP contribution in [0.1, 0.15) is 22.1 Å². The molecule has 3 rings (SSSR count). The predicted octanol–water partition coefficient (Wildman–Crippen LogP) is 1.39. The van der Waals surface area contributed by atoms with Gasteiger partial charge in [0.1, 0.15) is 0 Å². The van der Waals surface area contributed by atoms with Gasteiger partial charge >= 0.3 is 0 Å². The highest BCUT2D eigenvalue weighted by Gasteiger charge is 2.18. The average molecular weight is 309 g/mol. The topological polar surface area (TPSA) is 95.1 Å². The van der Waals surface area contributed by atoms with Gasteiger partial charge in [0.15, 0.2) is 5.69 Å². The lowest BCUT2D eigenvalue weighted by molar-refractivity contribution is 0.0912. The number of hydrogen-bond acceptors (Lipinski definition) is 4. The quantitative estimate of drug-likeness (QED) is 0.678. The SMILES string of the molecule is O=C(N[C@H](CO)c1ccccc1)c1n[nH]c(=O)c2ccccc12. The molecular formula is C17H15N3O3. The molecule has 1 aromatic heterocycles. The number of nitrogens with one attached hydrogen (secondary N) is 2. The molecule has 0 saturated carbocycles. The molecule has 0 radical (unpaired) electrons. The maximum absolute atomic E-state index is 12.5. The first-order chi connectivity index (χ1) is 11.2. The molecule has 3 N–H and O–H groups in total. The summed E-state index contributed by atoms with van der Waals surface area (Å²) in [6.07, 6.45) is 0. The molecule has 3 aromatic rings. The van der Waals surface area contributed by atoms with Gasteiger partial charge in [0, 0.05) is 5.39 Å². The normalized spacial score (nSPS) is 12.0. The maximum Gasteiger partial charge on any atom is 0.272 e. The van der Waals surface area contributed by atoms with Crippen LogP contribution in [0.5, 0.6) is 0 Å². The van der Waals surface area contributed by atoms with Crippen molar-refractivity contribution in [2.45, 2.75) is 6.04 Å². The van der Waals surface area contributed by atoms with Crippen molar-refractivity contribution in [3.63, 3.8) is 0 Å². The number of amides is 1. The monoisotopic (exact) mass is 309 g/mol. The van der Waals surface area contributed by atoms with E-state index in [1.54, 1.807) is 24.3 Å². The summed E-state index contributed by atoms with van der Waals surface area (Å²) in [7, 11) is 0. The predicted molar refractivity (Wildman–Crippen MR) is 86.1 cm³/mol. The van der Waals surface area contributed by atoms with Crippen LogP contribution in [0.15, 0.2) is 59.4 Å². The van der Waals surface area contributed by atoms with Crippen molar-refractivity contribution in [1.82, 2.24) is 15.5 Å². The van der Waals surface area contributed by atoms with Gasteiger partial charge in [-0.15, -0.1) is 0 Å². The first-order valence-electron chi connectivity index (χ1n) is 7.15. The van der Waals surface area contributed by atoms with Crippen molar-refractivity contribution in [3.05, 3.63) is 76.2 Å². The first-order valence-corrected chi connectivity index (χ1v) is 7.15. The smallest absolute Gasteiger partial charge is 0.272 e. The lowest BCUT2D eigenvalue weighted by Crippen LogP contribution is -2.32. The number of fused-ring (bicyclic) bond motifs is 1. The molecule has 0 aliphatic rings. The number of nitrogens with zero attached hydrogens (tertiary/aromatic N) is 1. The highest BCUT2D eigenvalue weighted by molar-refractivity contribution is 6.04. The van der Waals surface area contributed by atoms with Crippen LogP contribution < -0.4 is 10.9 Å². The zero-order chi connectivity index (χ0) is 16.2. The number of hydrogen-bond donors (Lipinski definition) is 3. The van der Waals surface area contributed by atoms with Crippen LogP contribution in [-0.2, 0) is 0 Å². The number of carbonyl (C=O) groups is 1. The van der Waals surface area contributed by atoms with Crippen molar-refractivity contribution in [2.75, 3.05) is 6.61 Å². The van der Waals surface area contributed by atoms with Crippen molar-refractivity contribution in [3.8, 4) is 0 Å². The van der Waals surface area contributed by atoms with Gasteiger partial charge < -0.3 is 10.4 Å². The molecule has 1 atom stereocenters. The second-order valence-electron chi connectivity index (χ2n) is 5.07. The Balaban J connectivity index is 1.95. The van der Waals surface area contributed by atoms with Crippen LogP contribution in [0.2, 0.25) is 0 Å². The Kier molecular flexibility index (Phi) is 4.16. The fourth-order valence-corrected chi connectivity index (χ4v) is 2.43. The molecule has 0 aliphatic carbocycles. The Labute approximate surface area is 131 Å². The van der Waals surface area contributed by atoms with Crippen LogP contribution in [0.25, 0.3) is 10.8 Å². The summed E-state index contributed by atoms with van der Waals surface area (Å²) >= 11 is 0. The minimum absolute atomic E-state index is 0.120. The number of aliphatic hydroxyl groups is 1. The second-order valence-corrected chi connectivity index (χ2v) is 5.07. The van der Waals surface area contributed by atoms with E-state index in [4.69, 9.17) is 0 Å². The molecule has 23 heavy (non-hydrogen) atoms. The van der Waals surface area contributed by atoms with Gasteiger partial charge in [0.25, 0.3) is 11.5 Å². The molecule has 2 aromatic carbocycles. The summed E-state index contributed by atoms with van der Waals surface area (Å²) in [4.78, 5) is 24.3. The van der Waals surface area contributed by atoms with Gasteiger partial charge in [0.2, 0.25) is 0 Å². The lowest BCUT2D eigenvalue weighted by Gasteiger charge is -2.16. The van der Waals surface area contributed by atoms with Crippen molar-refractivity contribution in [1.29, 1.82) is 0 Å². The Bertz CT molecular complexity index is 890.